The molecule has 1 aliphatic rings. The summed E-state index contributed by atoms with van der Waals surface area (Å²) in [5.41, 5.74) is 5.47. The van der Waals surface area contributed by atoms with Gasteiger partial charge in [-0.05, 0) is 30.7 Å². The topological polar surface area (TPSA) is 184 Å². The van der Waals surface area contributed by atoms with Gasteiger partial charge in [0.25, 0.3) is 5.91 Å². The van der Waals surface area contributed by atoms with Crippen LogP contribution in [0.15, 0.2) is 29.3 Å². The van der Waals surface area contributed by atoms with Crippen molar-refractivity contribution in [2.45, 2.75) is 12.5 Å². The number of nitrogens with one attached hydrogen (secondary N) is 4. The van der Waals surface area contributed by atoms with Crippen LogP contribution < -0.4 is 31.1 Å². The van der Waals surface area contributed by atoms with Gasteiger partial charge in [-0.25, -0.2) is 8.42 Å². The zero-order valence-corrected chi connectivity index (χ0v) is 17.8. The van der Waals surface area contributed by atoms with Gasteiger partial charge in [0.05, 0.1) is 12.3 Å². The maximum Gasteiger partial charge on any atom is 0.323 e. The SMILES string of the molecule is NCCS(=O)(=O)N[C@@H](CNC(=O)c1ccc(OCCNC2=NCCCN2)cc1)C(=O)O. The minimum atomic E-state index is -3.85. The zero-order chi connectivity index (χ0) is 22.7. The third-order valence-corrected chi connectivity index (χ3v) is 5.57. The third-order valence-electron chi connectivity index (χ3n) is 4.15. The number of benzene rings is 1. The third kappa shape index (κ3) is 8.78. The summed E-state index contributed by atoms with van der Waals surface area (Å²) >= 11 is 0. The fourth-order valence-electron chi connectivity index (χ4n) is 2.60. The van der Waals surface area contributed by atoms with Crippen molar-refractivity contribution in [1.29, 1.82) is 0 Å². The van der Waals surface area contributed by atoms with Crippen LogP contribution in [0.1, 0.15) is 16.8 Å². The van der Waals surface area contributed by atoms with Gasteiger partial charge in [-0.15, -0.1) is 0 Å². The summed E-state index contributed by atoms with van der Waals surface area (Å²) in [7, 11) is -3.85. The number of guanidine groups is 1. The number of nitrogens with two attached hydrogens (primary N) is 1. The summed E-state index contributed by atoms with van der Waals surface area (Å²) in [6.07, 6.45) is 1.02. The Kier molecular flexibility index (Phi) is 9.49. The second-order valence-corrected chi connectivity index (χ2v) is 8.51. The van der Waals surface area contributed by atoms with Gasteiger partial charge in [0, 0.05) is 31.7 Å². The number of carboxylic acid groups (broad SMARTS) is 1. The Labute approximate surface area is 180 Å². The molecule has 0 aromatic heterocycles. The lowest BCUT2D eigenvalue weighted by atomic mass is 10.2. The number of hydrogen-bond acceptors (Lipinski definition) is 9. The summed E-state index contributed by atoms with van der Waals surface area (Å²) in [5, 5.41) is 17.8. The van der Waals surface area contributed by atoms with Gasteiger partial charge in [-0.3, -0.25) is 14.6 Å². The van der Waals surface area contributed by atoms with Crippen LogP contribution in [0.2, 0.25) is 0 Å². The van der Waals surface area contributed by atoms with Gasteiger partial charge in [-0.2, -0.15) is 4.72 Å². The van der Waals surface area contributed by atoms with Gasteiger partial charge in [-0.1, -0.05) is 0 Å². The normalized spacial score (nSPS) is 14.7. The lowest BCUT2D eigenvalue weighted by Gasteiger charge is -2.16. The molecule has 1 amide bonds. The number of sulfonamides is 1. The van der Waals surface area contributed by atoms with Crippen molar-refractivity contribution >= 4 is 27.9 Å². The van der Waals surface area contributed by atoms with Crippen LogP contribution in [0.3, 0.4) is 0 Å². The number of aliphatic carboxylic acids is 1. The lowest BCUT2D eigenvalue weighted by Crippen LogP contribution is -2.49. The Bertz CT molecular complexity index is 874. The Balaban J connectivity index is 1.78. The summed E-state index contributed by atoms with van der Waals surface area (Å²) < 4.78 is 31.0. The van der Waals surface area contributed by atoms with E-state index in [9.17, 15) is 18.0 Å². The van der Waals surface area contributed by atoms with Crippen molar-refractivity contribution < 1.29 is 27.9 Å². The predicted molar refractivity (Wildman–Crippen MR) is 115 cm³/mol. The number of rotatable bonds is 12. The molecule has 0 fully saturated rings. The van der Waals surface area contributed by atoms with Gasteiger partial charge in [0.1, 0.15) is 18.4 Å². The quantitative estimate of drug-likeness (QED) is 0.195. The van der Waals surface area contributed by atoms with E-state index in [1.54, 1.807) is 12.1 Å². The first-order valence-corrected chi connectivity index (χ1v) is 11.4. The van der Waals surface area contributed by atoms with E-state index in [0.717, 1.165) is 25.5 Å². The first-order chi connectivity index (χ1) is 14.8. The van der Waals surface area contributed by atoms with Crippen LogP contribution in [0.25, 0.3) is 0 Å². The van der Waals surface area contributed by atoms with Crippen molar-refractivity contribution in [3.8, 4) is 5.75 Å². The van der Waals surface area contributed by atoms with E-state index < -0.39 is 40.2 Å². The largest absolute Gasteiger partial charge is 0.492 e. The number of carbonyl (C=O) groups excluding carboxylic acids is 1. The molecule has 0 aliphatic carbocycles. The van der Waals surface area contributed by atoms with Crippen LogP contribution >= 0.6 is 0 Å². The van der Waals surface area contributed by atoms with Gasteiger partial charge in [0.15, 0.2) is 5.96 Å². The van der Waals surface area contributed by atoms with Crippen LogP contribution in [-0.2, 0) is 14.8 Å². The summed E-state index contributed by atoms with van der Waals surface area (Å²) in [6.45, 7) is 2.08. The first-order valence-electron chi connectivity index (χ1n) is 9.77. The predicted octanol–water partition coefficient (Wildman–Crippen LogP) is -1.93. The molecule has 1 aliphatic heterocycles. The average molecular weight is 457 g/mol. The smallest absolute Gasteiger partial charge is 0.323 e. The van der Waals surface area contributed by atoms with Crippen LogP contribution in [-0.4, -0.2) is 82.5 Å². The molecule has 0 spiro atoms. The van der Waals surface area contributed by atoms with Crippen LogP contribution in [0.5, 0.6) is 5.75 Å². The molecular formula is C18H28N6O6S. The fourth-order valence-corrected chi connectivity index (χ4v) is 3.64. The second-order valence-electron chi connectivity index (χ2n) is 6.64. The molecule has 0 saturated carbocycles. The number of amides is 1. The summed E-state index contributed by atoms with van der Waals surface area (Å²) in [6, 6.07) is 4.78. The van der Waals surface area contributed by atoms with E-state index in [-0.39, 0.29) is 12.1 Å². The zero-order valence-electron chi connectivity index (χ0n) is 17.0. The number of carbonyl (C=O) groups is 2. The standard InChI is InChI=1S/C18H28N6O6S/c19-6-11-31(28,29)24-15(17(26)27)12-23-16(25)13-2-4-14(5-3-13)30-10-9-22-18-20-7-1-8-21-18/h2-5,15,24H,1,6-12,19H2,(H,23,25)(H,26,27)(H2,20,21,22)/t15-/m0/s1. The van der Waals surface area contributed by atoms with E-state index in [2.05, 4.69) is 20.9 Å². The molecule has 0 bridgehead atoms. The van der Waals surface area contributed by atoms with Crippen molar-refractivity contribution in [1.82, 2.24) is 20.7 Å². The molecule has 12 nitrogen and oxygen atoms in total. The molecule has 0 unspecified atom stereocenters. The van der Waals surface area contributed by atoms with Gasteiger partial charge in [0.2, 0.25) is 10.0 Å². The van der Waals surface area contributed by atoms with E-state index in [4.69, 9.17) is 15.6 Å². The molecule has 1 heterocycles. The fraction of sp³-hybridized carbons (Fsp3) is 0.500. The second kappa shape index (κ2) is 12.1. The monoisotopic (exact) mass is 456 g/mol. The maximum atomic E-state index is 12.2. The number of hydrogen-bond donors (Lipinski definition) is 6. The Morgan fingerprint density at radius 2 is 2.03 bits per heavy atom. The molecule has 1 aromatic rings. The highest BCUT2D eigenvalue weighted by Gasteiger charge is 2.24. The van der Waals surface area contributed by atoms with Crippen LogP contribution in [0, 0.1) is 0 Å². The number of ether oxygens (including phenoxy) is 1. The Morgan fingerprint density at radius 3 is 2.65 bits per heavy atom. The van der Waals surface area contributed by atoms with Crippen molar-refractivity contribution in [2.75, 3.05) is 45.1 Å². The van der Waals surface area contributed by atoms with Crippen LogP contribution in [0.4, 0.5) is 0 Å². The van der Waals surface area contributed by atoms with Crippen molar-refractivity contribution in [3.05, 3.63) is 29.8 Å². The van der Waals surface area contributed by atoms with Crippen molar-refractivity contribution in [3.63, 3.8) is 0 Å². The molecule has 172 valence electrons. The number of nitrogens with zero attached hydrogens (tertiary/aromatic N) is 1. The van der Waals surface area contributed by atoms with Gasteiger partial charge < -0.3 is 31.5 Å². The molecule has 31 heavy (non-hydrogen) atoms. The number of aliphatic imine (C=N–C) groups is 1. The molecule has 13 heteroatoms. The average Bonchev–Trinajstić information content (AvgIpc) is 2.75. The van der Waals surface area contributed by atoms with Crippen molar-refractivity contribution in [2.24, 2.45) is 10.7 Å². The van der Waals surface area contributed by atoms with E-state index >= 15 is 0 Å². The Hall–Kier alpha value is -2.90. The minimum Gasteiger partial charge on any atom is -0.492 e. The molecule has 0 saturated heterocycles. The highest BCUT2D eigenvalue weighted by atomic mass is 32.2. The molecule has 0 radical (unpaired) electrons. The molecular weight excluding hydrogens is 428 g/mol. The maximum absolute atomic E-state index is 12.2. The van der Waals surface area contributed by atoms with E-state index in [0.29, 0.717) is 18.9 Å². The van der Waals surface area contributed by atoms with E-state index in [1.807, 2.05) is 4.72 Å². The minimum absolute atomic E-state index is 0.149. The highest BCUT2D eigenvalue weighted by molar-refractivity contribution is 7.89. The molecule has 7 N–H and O–H groups in total. The summed E-state index contributed by atoms with van der Waals surface area (Å²) in [4.78, 5) is 27.8. The first kappa shape index (κ1) is 24.4. The molecule has 1 aromatic carbocycles. The number of carboxylic acids is 1. The highest BCUT2D eigenvalue weighted by Crippen LogP contribution is 2.12. The molecule has 2 rings (SSSR count). The van der Waals surface area contributed by atoms with Gasteiger partial charge >= 0.3 is 5.97 Å². The Morgan fingerprint density at radius 1 is 1.29 bits per heavy atom. The summed E-state index contributed by atoms with van der Waals surface area (Å²) in [5.74, 6) is -1.04. The molecule has 1 atom stereocenters. The van der Waals surface area contributed by atoms with E-state index in [1.165, 1.54) is 12.1 Å². The lowest BCUT2D eigenvalue weighted by molar-refractivity contribution is -0.138.